The predicted molar refractivity (Wildman–Crippen MR) is 86.0 cm³/mol. The van der Waals surface area contributed by atoms with Gasteiger partial charge < -0.3 is 20.2 Å². The topological polar surface area (TPSA) is 91.6 Å². The molecule has 1 aromatic rings. The number of hydrogen-bond acceptors (Lipinski definition) is 4. The van der Waals surface area contributed by atoms with E-state index in [1.807, 2.05) is 0 Å². The third-order valence-corrected chi connectivity index (χ3v) is 4.23. The number of furan rings is 1. The van der Waals surface area contributed by atoms with Crippen molar-refractivity contribution in [2.75, 3.05) is 13.1 Å². The molecule has 1 heterocycles. The van der Waals surface area contributed by atoms with Gasteiger partial charge in [0.15, 0.2) is 6.17 Å². The summed E-state index contributed by atoms with van der Waals surface area (Å²) in [7, 11) is 0. The van der Waals surface area contributed by atoms with Crippen LogP contribution in [0.1, 0.15) is 37.2 Å². The van der Waals surface area contributed by atoms with Crippen LogP contribution in [0.25, 0.3) is 0 Å². The van der Waals surface area contributed by atoms with Crippen molar-refractivity contribution in [1.29, 1.82) is 0 Å². The maximum absolute atomic E-state index is 13.7. The Labute approximate surface area is 140 Å². The van der Waals surface area contributed by atoms with Gasteiger partial charge in [0.25, 0.3) is 5.91 Å². The average Bonchev–Trinajstić information content (AvgIpc) is 2.91. The molecule has 2 rings (SSSR count). The zero-order valence-electron chi connectivity index (χ0n) is 13.9. The smallest absolute Gasteiger partial charge is 0.254 e. The van der Waals surface area contributed by atoms with Crippen molar-refractivity contribution in [2.45, 2.75) is 51.3 Å². The quantitative estimate of drug-likeness (QED) is 0.631. The van der Waals surface area contributed by atoms with E-state index < -0.39 is 18.2 Å². The fourth-order valence-corrected chi connectivity index (χ4v) is 2.56. The summed E-state index contributed by atoms with van der Waals surface area (Å²) in [6, 6.07) is 3.49. The highest BCUT2D eigenvalue weighted by atomic mass is 19.1. The third kappa shape index (κ3) is 5.96. The van der Waals surface area contributed by atoms with Gasteiger partial charge in [0.1, 0.15) is 11.5 Å². The highest BCUT2D eigenvalue weighted by molar-refractivity contribution is 5.80. The van der Waals surface area contributed by atoms with E-state index in [1.54, 1.807) is 19.1 Å². The van der Waals surface area contributed by atoms with E-state index in [1.165, 1.54) is 0 Å². The van der Waals surface area contributed by atoms with Gasteiger partial charge in [-0.3, -0.25) is 9.59 Å². The lowest BCUT2D eigenvalue weighted by Crippen LogP contribution is -2.43. The fourth-order valence-electron chi connectivity index (χ4n) is 2.56. The van der Waals surface area contributed by atoms with Gasteiger partial charge in [0, 0.05) is 13.1 Å². The molecule has 0 radical (unpaired) electrons. The Balaban J connectivity index is 1.59. The van der Waals surface area contributed by atoms with Crippen LogP contribution in [0.15, 0.2) is 16.5 Å². The summed E-state index contributed by atoms with van der Waals surface area (Å²) in [6.07, 6.45) is 0.915. The number of carbonyl (C=O) groups is 2. The summed E-state index contributed by atoms with van der Waals surface area (Å²) >= 11 is 0. The van der Waals surface area contributed by atoms with Crippen LogP contribution in [0.5, 0.6) is 0 Å². The van der Waals surface area contributed by atoms with Crippen molar-refractivity contribution in [3.63, 3.8) is 0 Å². The molecule has 0 aliphatic heterocycles. The molecule has 7 heteroatoms. The number of hydrogen-bond donors (Lipinski definition) is 3. The minimum absolute atomic E-state index is 0.0155. The van der Waals surface area contributed by atoms with Gasteiger partial charge in [-0.05, 0) is 31.4 Å². The van der Waals surface area contributed by atoms with Gasteiger partial charge in [-0.1, -0.05) is 19.3 Å². The maximum Gasteiger partial charge on any atom is 0.254 e. The Morgan fingerprint density at radius 1 is 1.33 bits per heavy atom. The first kappa shape index (κ1) is 18.4. The van der Waals surface area contributed by atoms with Crippen molar-refractivity contribution in [1.82, 2.24) is 10.6 Å². The molecular weight excluding hydrogens is 315 g/mol. The van der Waals surface area contributed by atoms with Crippen LogP contribution in [0.2, 0.25) is 0 Å². The molecule has 0 spiro atoms. The molecule has 1 saturated carbocycles. The van der Waals surface area contributed by atoms with E-state index in [0.717, 1.165) is 25.0 Å². The standard InChI is InChI=1S/C17H25FN2O4/c1-11-5-6-14(24-11)8-16(22)19-9-13(21)10-20-17(23)15(18)7-12-3-2-4-12/h5-6,12-13,15,21H,2-4,7-10H2,1H3,(H,19,22)(H,20,23). The summed E-state index contributed by atoms with van der Waals surface area (Å²) in [5.74, 6) is 0.592. The number of rotatable bonds is 9. The normalized spacial score (nSPS) is 17.0. The highest BCUT2D eigenvalue weighted by Crippen LogP contribution is 2.31. The number of halogens is 1. The first-order chi connectivity index (χ1) is 11.4. The van der Waals surface area contributed by atoms with Crippen molar-refractivity contribution < 1.29 is 23.5 Å². The van der Waals surface area contributed by atoms with Crippen molar-refractivity contribution in [3.05, 3.63) is 23.7 Å². The van der Waals surface area contributed by atoms with E-state index in [0.29, 0.717) is 11.7 Å². The van der Waals surface area contributed by atoms with E-state index in [2.05, 4.69) is 10.6 Å². The third-order valence-electron chi connectivity index (χ3n) is 4.23. The molecule has 2 unspecified atom stereocenters. The van der Waals surface area contributed by atoms with E-state index >= 15 is 0 Å². The molecule has 2 atom stereocenters. The Morgan fingerprint density at radius 2 is 2.04 bits per heavy atom. The summed E-state index contributed by atoms with van der Waals surface area (Å²) in [6.45, 7) is 1.68. The van der Waals surface area contributed by atoms with Crippen LogP contribution >= 0.6 is 0 Å². The van der Waals surface area contributed by atoms with Gasteiger partial charge in [0.2, 0.25) is 5.91 Å². The zero-order chi connectivity index (χ0) is 17.5. The molecule has 1 aromatic heterocycles. The van der Waals surface area contributed by atoms with Crippen molar-refractivity contribution in [3.8, 4) is 0 Å². The zero-order valence-corrected chi connectivity index (χ0v) is 13.9. The van der Waals surface area contributed by atoms with Crippen LogP contribution in [-0.2, 0) is 16.0 Å². The van der Waals surface area contributed by atoms with Gasteiger partial charge in [-0.15, -0.1) is 0 Å². The molecule has 2 amide bonds. The van der Waals surface area contributed by atoms with Crippen LogP contribution in [0.4, 0.5) is 4.39 Å². The average molecular weight is 340 g/mol. The summed E-state index contributed by atoms with van der Waals surface area (Å²) in [5, 5.41) is 14.7. The van der Waals surface area contributed by atoms with Gasteiger partial charge in [-0.25, -0.2) is 4.39 Å². The van der Waals surface area contributed by atoms with Crippen LogP contribution in [-0.4, -0.2) is 42.3 Å². The van der Waals surface area contributed by atoms with Crippen molar-refractivity contribution >= 4 is 11.8 Å². The summed E-state index contributed by atoms with van der Waals surface area (Å²) < 4.78 is 19.0. The van der Waals surface area contributed by atoms with Gasteiger partial charge in [0.05, 0.1) is 12.5 Å². The number of aryl methyl sites for hydroxylation is 1. The number of nitrogens with one attached hydrogen (secondary N) is 2. The fraction of sp³-hybridized carbons (Fsp3) is 0.647. The molecule has 3 N–H and O–H groups in total. The largest absolute Gasteiger partial charge is 0.466 e. The minimum Gasteiger partial charge on any atom is -0.466 e. The monoisotopic (exact) mass is 340 g/mol. The van der Waals surface area contributed by atoms with E-state index in [-0.39, 0.29) is 31.8 Å². The Hall–Kier alpha value is -1.89. The molecule has 1 aliphatic carbocycles. The Kier molecular flexibility index (Phi) is 6.78. The minimum atomic E-state index is -1.53. The lowest BCUT2D eigenvalue weighted by Gasteiger charge is -2.26. The second-order valence-corrected chi connectivity index (χ2v) is 6.39. The molecule has 134 valence electrons. The molecule has 24 heavy (non-hydrogen) atoms. The molecule has 6 nitrogen and oxygen atoms in total. The molecule has 1 aliphatic rings. The molecule has 1 fully saturated rings. The van der Waals surface area contributed by atoms with E-state index in [9.17, 15) is 19.1 Å². The number of amides is 2. The Morgan fingerprint density at radius 3 is 2.62 bits per heavy atom. The molecule has 0 saturated heterocycles. The number of aliphatic hydroxyl groups excluding tert-OH is 1. The Bertz CT molecular complexity index is 557. The predicted octanol–water partition coefficient (Wildman–Crippen LogP) is 1.25. The number of alkyl halides is 1. The molecular formula is C17H25FN2O4. The summed E-state index contributed by atoms with van der Waals surface area (Å²) in [5.41, 5.74) is 0. The van der Waals surface area contributed by atoms with Crippen LogP contribution in [0, 0.1) is 12.8 Å². The molecule has 0 bridgehead atoms. The molecule has 0 aromatic carbocycles. The highest BCUT2D eigenvalue weighted by Gasteiger charge is 2.26. The lowest BCUT2D eigenvalue weighted by atomic mass is 9.81. The van der Waals surface area contributed by atoms with Crippen LogP contribution < -0.4 is 10.6 Å². The first-order valence-corrected chi connectivity index (χ1v) is 8.36. The maximum atomic E-state index is 13.7. The second-order valence-electron chi connectivity index (χ2n) is 6.39. The van der Waals surface area contributed by atoms with Crippen LogP contribution in [0.3, 0.4) is 0 Å². The first-order valence-electron chi connectivity index (χ1n) is 8.36. The second kappa shape index (κ2) is 8.82. The number of carbonyl (C=O) groups excluding carboxylic acids is 2. The van der Waals surface area contributed by atoms with E-state index in [4.69, 9.17) is 4.42 Å². The van der Waals surface area contributed by atoms with Gasteiger partial charge >= 0.3 is 0 Å². The van der Waals surface area contributed by atoms with Gasteiger partial charge in [-0.2, -0.15) is 0 Å². The lowest BCUT2D eigenvalue weighted by molar-refractivity contribution is -0.127. The number of aliphatic hydroxyl groups is 1. The summed E-state index contributed by atoms with van der Waals surface area (Å²) in [4.78, 5) is 23.3. The SMILES string of the molecule is Cc1ccc(CC(=O)NCC(O)CNC(=O)C(F)CC2CCC2)o1. The van der Waals surface area contributed by atoms with Crippen molar-refractivity contribution in [2.24, 2.45) is 5.92 Å².